The molecule has 0 saturated carbocycles. The summed E-state index contributed by atoms with van der Waals surface area (Å²) in [5.41, 5.74) is 7.93. The molecule has 0 aliphatic rings. The number of nitrogens with zero attached hydrogens (tertiary/aromatic N) is 2. The summed E-state index contributed by atoms with van der Waals surface area (Å²) < 4.78 is 7.72. The van der Waals surface area contributed by atoms with Crippen molar-refractivity contribution in [2.75, 3.05) is 12.3 Å². The monoisotopic (exact) mass is 343 g/mol. The van der Waals surface area contributed by atoms with Gasteiger partial charge in [-0.3, -0.25) is 4.79 Å². The van der Waals surface area contributed by atoms with E-state index in [0.29, 0.717) is 18.4 Å². The van der Waals surface area contributed by atoms with Crippen molar-refractivity contribution in [3.8, 4) is 11.1 Å². The van der Waals surface area contributed by atoms with Crippen LogP contribution in [0.3, 0.4) is 0 Å². The first-order valence-corrected chi connectivity index (χ1v) is 8.44. The van der Waals surface area contributed by atoms with Crippen molar-refractivity contribution in [3.63, 3.8) is 0 Å². The molecule has 2 N–H and O–H groups in total. The van der Waals surface area contributed by atoms with Crippen LogP contribution in [0.2, 0.25) is 0 Å². The van der Waals surface area contributed by atoms with E-state index in [9.17, 15) is 9.59 Å². The van der Waals surface area contributed by atoms with Crippen LogP contribution in [0.25, 0.3) is 11.1 Å². The molecule has 2 aromatic rings. The number of benzene rings is 1. The van der Waals surface area contributed by atoms with Crippen molar-refractivity contribution in [3.05, 3.63) is 52.8 Å². The molecule has 6 heteroatoms. The van der Waals surface area contributed by atoms with Crippen molar-refractivity contribution in [1.29, 1.82) is 0 Å². The molecule has 1 heterocycles. The minimum Gasteiger partial charge on any atom is -0.444 e. The molecule has 0 aliphatic carbocycles. The van der Waals surface area contributed by atoms with Crippen LogP contribution in [0.1, 0.15) is 38.3 Å². The van der Waals surface area contributed by atoms with Gasteiger partial charge in [0.25, 0.3) is 5.56 Å². The quantitative estimate of drug-likeness (QED) is 0.810. The van der Waals surface area contributed by atoms with Gasteiger partial charge < -0.3 is 10.5 Å². The van der Waals surface area contributed by atoms with Gasteiger partial charge in [-0.25, -0.2) is 9.48 Å². The zero-order chi connectivity index (χ0) is 18.6. The van der Waals surface area contributed by atoms with Gasteiger partial charge in [0.05, 0.1) is 11.6 Å². The van der Waals surface area contributed by atoms with Crippen LogP contribution in [0.5, 0.6) is 0 Å². The topological polar surface area (TPSA) is 79.2 Å². The van der Waals surface area contributed by atoms with Gasteiger partial charge in [0.2, 0.25) is 0 Å². The van der Waals surface area contributed by atoms with E-state index in [2.05, 4.69) is 6.58 Å². The van der Waals surface area contributed by atoms with Crippen LogP contribution < -0.4 is 11.3 Å². The number of carbonyl (C=O) groups is 1. The number of aryl methyl sites for hydroxylation is 1. The van der Waals surface area contributed by atoms with E-state index in [1.807, 2.05) is 45.0 Å². The maximum absolute atomic E-state index is 13.1. The molecular formula is C19H25N3O3. The standard InChI is InChI=1S/C19H25N3O3/c1-5-12-25-19(24)22-17(20)16(15-11-9-8-10-13(15)4)18(23)21(22)14(6-2)7-3/h5,8-11,14H,1,6-7,12,20H2,2-4H3. The number of ether oxygens (including phenoxy) is 1. The van der Waals surface area contributed by atoms with E-state index in [1.165, 1.54) is 10.8 Å². The number of hydrogen-bond acceptors (Lipinski definition) is 4. The van der Waals surface area contributed by atoms with Crippen LogP contribution in [0.15, 0.2) is 41.7 Å². The van der Waals surface area contributed by atoms with Crippen molar-refractivity contribution >= 4 is 11.9 Å². The second kappa shape index (κ2) is 7.88. The van der Waals surface area contributed by atoms with Crippen LogP contribution in [-0.4, -0.2) is 22.1 Å². The molecular weight excluding hydrogens is 318 g/mol. The number of aromatic nitrogens is 2. The Bertz CT molecular complexity index is 829. The van der Waals surface area contributed by atoms with Gasteiger partial charge in [-0.15, -0.1) is 0 Å². The molecule has 0 spiro atoms. The van der Waals surface area contributed by atoms with Crippen LogP contribution in [0, 0.1) is 6.92 Å². The molecule has 0 amide bonds. The average molecular weight is 343 g/mol. The zero-order valence-electron chi connectivity index (χ0n) is 15.0. The largest absolute Gasteiger partial charge is 0.444 e. The van der Waals surface area contributed by atoms with Gasteiger partial charge in [-0.05, 0) is 30.9 Å². The van der Waals surface area contributed by atoms with Crippen molar-refractivity contribution in [1.82, 2.24) is 9.36 Å². The van der Waals surface area contributed by atoms with E-state index in [4.69, 9.17) is 10.5 Å². The third-order valence-corrected chi connectivity index (χ3v) is 4.32. The van der Waals surface area contributed by atoms with E-state index in [-0.39, 0.29) is 24.0 Å². The summed E-state index contributed by atoms with van der Waals surface area (Å²) in [6.07, 6.45) is 2.18. The molecule has 0 fully saturated rings. The highest BCUT2D eigenvalue weighted by molar-refractivity contribution is 5.83. The molecule has 0 radical (unpaired) electrons. The van der Waals surface area contributed by atoms with E-state index in [0.717, 1.165) is 15.8 Å². The Kier molecular flexibility index (Phi) is 5.85. The Morgan fingerprint density at radius 2 is 1.96 bits per heavy atom. The van der Waals surface area contributed by atoms with Crippen LogP contribution in [-0.2, 0) is 4.74 Å². The van der Waals surface area contributed by atoms with Gasteiger partial charge in [-0.1, -0.05) is 50.8 Å². The number of rotatable bonds is 6. The summed E-state index contributed by atoms with van der Waals surface area (Å²) in [7, 11) is 0. The van der Waals surface area contributed by atoms with E-state index >= 15 is 0 Å². The Morgan fingerprint density at radius 1 is 1.32 bits per heavy atom. The predicted molar refractivity (Wildman–Crippen MR) is 99.8 cm³/mol. The molecule has 0 aliphatic heterocycles. The molecule has 1 aromatic carbocycles. The smallest absolute Gasteiger partial charge is 0.435 e. The Morgan fingerprint density at radius 3 is 2.52 bits per heavy atom. The average Bonchev–Trinajstić information content (AvgIpc) is 2.86. The molecule has 2 rings (SSSR count). The molecule has 134 valence electrons. The van der Waals surface area contributed by atoms with Gasteiger partial charge in [0, 0.05) is 0 Å². The van der Waals surface area contributed by atoms with Crippen molar-refractivity contribution in [2.45, 2.75) is 39.7 Å². The van der Waals surface area contributed by atoms with E-state index < -0.39 is 6.09 Å². The molecule has 25 heavy (non-hydrogen) atoms. The van der Waals surface area contributed by atoms with Gasteiger partial charge in [-0.2, -0.15) is 4.68 Å². The number of carbonyl (C=O) groups excluding carboxylic acids is 1. The molecule has 0 atom stereocenters. The van der Waals surface area contributed by atoms with Gasteiger partial charge in [0.15, 0.2) is 0 Å². The van der Waals surface area contributed by atoms with Crippen molar-refractivity contribution in [2.24, 2.45) is 0 Å². The Hall–Kier alpha value is -2.76. The van der Waals surface area contributed by atoms with Crippen molar-refractivity contribution < 1.29 is 9.53 Å². The lowest BCUT2D eigenvalue weighted by atomic mass is 10.0. The number of nitrogen functional groups attached to an aromatic ring is 1. The highest BCUT2D eigenvalue weighted by Crippen LogP contribution is 2.28. The summed E-state index contributed by atoms with van der Waals surface area (Å²) in [5, 5.41) is 0. The maximum atomic E-state index is 13.1. The van der Waals surface area contributed by atoms with E-state index in [1.54, 1.807) is 0 Å². The predicted octanol–water partition coefficient (Wildman–Crippen LogP) is 3.74. The molecule has 6 nitrogen and oxygen atoms in total. The van der Waals surface area contributed by atoms with Gasteiger partial charge in [0.1, 0.15) is 12.4 Å². The van der Waals surface area contributed by atoms with Gasteiger partial charge >= 0.3 is 6.09 Å². The lowest BCUT2D eigenvalue weighted by Crippen LogP contribution is -2.32. The minimum atomic E-state index is -0.679. The molecule has 0 unspecified atom stereocenters. The minimum absolute atomic E-state index is 0.0489. The summed E-state index contributed by atoms with van der Waals surface area (Å²) in [4.78, 5) is 25.7. The molecule has 0 saturated heterocycles. The summed E-state index contributed by atoms with van der Waals surface area (Å²) in [6.45, 7) is 9.43. The first-order valence-electron chi connectivity index (χ1n) is 8.44. The summed E-state index contributed by atoms with van der Waals surface area (Å²) in [5.74, 6) is 0.0975. The lowest BCUT2D eigenvalue weighted by molar-refractivity contribution is 0.149. The number of anilines is 1. The fourth-order valence-electron chi connectivity index (χ4n) is 2.98. The maximum Gasteiger partial charge on any atom is 0.435 e. The normalized spacial score (nSPS) is 10.9. The lowest BCUT2D eigenvalue weighted by Gasteiger charge is -2.18. The third-order valence-electron chi connectivity index (χ3n) is 4.32. The fourth-order valence-corrected chi connectivity index (χ4v) is 2.98. The summed E-state index contributed by atoms with van der Waals surface area (Å²) in [6, 6.07) is 7.32. The highest BCUT2D eigenvalue weighted by atomic mass is 16.6. The molecule has 0 bridgehead atoms. The van der Waals surface area contributed by atoms with Crippen LogP contribution in [0.4, 0.5) is 10.6 Å². The second-order valence-corrected chi connectivity index (χ2v) is 5.87. The number of hydrogen-bond donors (Lipinski definition) is 1. The Balaban J connectivity index is 2.75. The second-order valence-electron chi connectivity index (χ2n) is 5.87. The third kappa shape index (κ3) is 3.38. The Labute approximate surface area is 147 Å². The first kappa shape index (κ1) is 18.6. The molecule has 1 aromatic heterocycles. The van der Waals surface area contributed by atoms with Crippen LogP contribution >= 0.6 is 0 Å². The number of nitrogens with two attached hydrogens (primary N) is 1. The highest BCUT2D eigenvalue weighted by Gasteiger charge is 2.27. The SMILES string of the molecule is C=CCOC(=O)n1c(N)c(-c2ccccc2C)c(=O)n1C(CC)CC. The zero-order valence-corrected chi connectivity index (χ0v) is 15.0. The first-order chi connectivity index (χ1) is 12.0. The summed E-state index contributed by atoms with van der Waals surface area (Å²) >= 11 is 0. The fraction of sp³-hybridized carbons (Fsp3) is 0.368.